The third-order valence-electron chi connectivity index (χ3n) is 11.7. The number of carbonyl (C=O) groups excluding carboxylic acids is 4. The Kier molecular flexibility index (Phi) is 16.3. The number of fused-ring (bicyclic) bond motifs is 1. The van der Waals surface area contributed by atoms with Gasteiger partial charge in [-0.15, -0.1) is 10.2 Å². The van der Waals surface area contributed by atoms with Crippen LogP contribution >= 0.6 is 0 Å². The Hall–Kier alpha value is -7.10. The molecule has 67 heavy (non-hydrogen) atoms. The van der Waals surface area contributed by atoms with Crippen molar-refractivity contribution in [3.63, 3.8) is 0 Å². The first-order chi connectivity index (χ1) is 32.5. The lowest BCUT2D eigenvalue weighted by Gasteiger charge is -2.35. The number of carbonyl (C=O) groups is 4. The maximum absolute atomic E-state index is 13.6. The molecule has 1 aromatic carbocycles. The second-order valence-corrected chi connectivity index (χ2v) is 16.2. The largest absolute Gasteiger partial charge is 0.480 e. The number of methoxy groups -OCH3 is 1. The molecule has 5 aromatic rings. The summed E-state index contributed by atoms with van der Waals surface area (Å²) in [7, 11) is 3.20. The molecule has 0 bridgehead atoms. The normalized spacial score (nSPS) is 14.2. The zero-order valence-electron chi connectivity index (χ0n) is 38.2. The third kappa shape index (κ3) is 12.4. The van der Waals surface area contributed by atoms with E-state index in [0.717, 1.165) is 44.5 Å². The molecular weight excluding hydrogens is 863 g/mol. The van der Waals surface area contributed by atoms with E-state index >= 15 is 0 Å². The second-order valence-electron chi connectivity index (χ2n) is 16.2. The molecule has 0 atom stereocenters. The van der Waals surface area contributed by atoms with Crippen LogP contribution in [-0.4, -0.2) is 138 Å². The van der Waals surface area contributed by atoms with Crippen LogP contribution in [0.3, 0.4) is 0 Å². The zero-order valence-corrected chi connectivity index (χ0v) is 38.2. The van der Waals surface area contributed by atoms with E-state index in [1.165, 1.54) is 14.0 Å². The first-order valence-electron chi connectivity index (χ1n) is 22.4. The average Bonchev–Trinajstić information content (AvgIpc) is 3.86. The van der Waals surface area contributed by atoms with Crippen molar-refractivity contribution in [2.75, 3.05) is 106 Å². The van der Waals surface area contributed by atoms with Crippen LogP contribution in [0.25, 0.3) is 11.0 Å². The minimum Gasteiger partial charge on any atom is -0.480 e. The molecule has 2 fully saturated rings. The number of aryl methyl sites for hydroxylation is 1. The van der Waals surface area contributed by atoms with Gasteiger partial charge in [-0.05, 0) is 68.7 Å². The Morgan fingerprint density at radius 1 is 0.836 bits per heavy atom. The summed E-state index contributed by atoms with van der Waals surface area (Å²) in [5.74, 6) is 0.253. The SMILES string of the molecule is CNc1ccc(C(=O)Nc2ccc(OC)nn2)c(NC(=O)CCOCCOCCNC(=O)CN2CCN(c3ccc(Nc4ncc5c(C)c(C(C)=O)c(=O)n(C6CCCC6)c5n4)nc3)CC2)c1. The molecule has 1 aliphatic heterocycles. The van der Waals surface area contributed by atoms with E-state index in [1.54, 1.807) is 61.3 Å². The number of benzene rings is 1. The van der Waals surface area contributed by atoms with Crippen molar-refractivity contribution in [1.29, 1.82) is 0 Å². The predicted molar refractivity (Wildman–Crippen MR) is 253 cm³/mol. The Labute approximate surface area is 387 Å². The number of anilines is 6. The highest BCUT2D eigenvalue weighted by molar-refractivity contribution is 6.10. The van der Waals surface area contributed by atoms with Gasteiger partial charge in [0, 0.05) is 69.2 Å². The molecule has 354 valence electrons. The molecule has 21 nitrogen and oxygen atoms in total. The van der Waals surface area contributed by atoms with E-state index in [4.69, 9.17) is 19.2 Å². The van der Waals surface area contributed by atoms with Crippen LogP contribution in [0.4, 0.5) is 34.6 Å². The number of hydrogen-bond donors (Lipinski definition) is 5. The molecule has 4 aromatic heterocycles. The molecule has 3 amide bonds. The van der Waals surface area contributed by atoms with Crippen molar-refractivity contribution in [2.24, 2.45) is 0 Å². The van der Waals surface area contributed by atoms with Crippen molar-refractivity contribution in [1.82, 2.24) is 39.9 Å². The summed E-state index contributed by atoms with van der Waals surface area (Å²) in [6, 6.07) is 11.9. The van der Waals surface area contributed by atoms with Crippen LogP contribution in [0.5, 0.6) is 5.88 Å². The van der Waals surface area contributed by atoms with E-state index in [1.807, 2.05) is 12.1 Å². The summed E-state index contributed by atoms with van der Waals surface area (Å²) in [5.41, 5.74) is 3.24. The fourth-order valence-electron chi connectivity index (χ4n) is 8.14. The van der Waals surface area contributed by atoms with Crippen LogP contribution in [0.2, 0.25) is 0 Å². The smallest absolute Gasteiger partial charge is 0.263 e. The van der Waals surface area contributed by atoms with Gasteiger partial charge in [0.2, 0.25) is 23.6 Å². The van der Waals surface area contributed by atoms with E-state index < -0.39 is 5.91 Å². The molecule has 1 saturated heterocycles. The monoisotopic (exact) mass is 919 g/mol. The minimum atomic E-state index is -0.472. The number of aromatic nitrogens is 6. The number of amides is 3. The van der Waals surface area contributed by atoms with Gasteiger partial charge >= 0.3 is 0 Å². The Bertz CT molecular complexity index is 2600. The topological polar surface area (TPSA) is 249 Å². The quantitative estimate of drug-likeness (QED) is 0.0516. The maximum atomic E-state index is 13.6. The number of ketones is 1. The number of nitrogens with one attached hydrogen (secondary N) is 5. The fraction of sp³-hybridized carbons (Fsp3) is 0.435. The molecule has 1 saturated carbocycles. The van der Waals surface area contributed by atoms with Crippen LogP contribution < -0.4 is 41.8 Å². The van der Waals surface area contributed by atoms with Gasteiger partial charge in [0.1, 0.15) is 11.5 Å². The van der Waals surface area contributed by atoms with E-state index in [2.05, 4.69) is 56.5 Å². The lowest BCUT2D eigenvalue weighted by Crippen LogP contribution is -2.49. The number of piperazine rings is 1. The zero-order chi connectivity index (χ0) is 47.3. The van der Waals surface area contributed by atoms with Crippen LogP contribution in [0.15, 0.2) is 59.7 Å². The van der Waals surface area contributed by atoms with Crippen molar-refractivity contribution < 1.29 is 33.4 Å². The Morgan fingerprint density at radius 2 is 1.60 bits per heavy atom. The Balaban J connectivity index is 0.768. The maximum Gasteiger partial charge on any atom is 0.263 e. The summed E-state index contributed by atoms with van der Waals surface area (Å²) in [4.78, 5) is 82.7. The number of hydrogen-bond acceptors (Lipinski definition) is 17. The first-order valence-corrected chi connectivity index (χ1v) is 22.4. The highest BCUT2D eigenvalue weighted by Gasteiger charge is 2.26. The molecule has 0 spiro atoms. The van der Waals surface area contributed by atoms with Gasteiger partial charge in [-0.25, -0.2) is 9.97 Å². The first kappa shape index (κ1) is 47.9. The molecule has 0 radical (unpaired) electrons. The number of rotatable bonds is 21. The van der Waals surface area contributed by atoms with Gasteiger partial charge in [0.05, 0.1) is 75.2 Å². The van der Waals surface area contributed by atoms with Gasteiger partial charge in [-0.2, -0.15) is 4.98 Å². The van der Waals surface area contributed by atoms with Crippen LogP contribution in [0, 0.1) is 6.92 Å². The Morgan fingerprint density at radius 3 is 2.28 bits per heavy atom. The minimum absolute atomic E-state index is 0.0108. The summed E-state index contributed by atoms with van der Waals surface area (Å²) >= 11 is 0. The van der Waals surface area contributed by atoms with Gasteiger partial charge in [0.25, 0.3) is 11.5 Å². The highest BCUT2D eigenvalue weighted by Crippen LogP contribution is 2.32. The van der Waals surface area contributed by atoms with Crippen LogP contribution in [-0.2, 0) is 19.1 Å². The standard InChI is InChI=1S/C46H57N13O8/c1-29-35-27-50-46(54-43(35)59(32-7-5-6-8-32)45(64)42(29)30(2)60)53-37-12-10-33(26-49-37)58-19-17-57(18-20-58)28-40(62)48-16-22-67-24-23-66-21-15-39(61)51-36-25-31(47-3)9-11-34(36)44(63)52-38-13-14-41(65-4)56-55-38/h9-14,25-27,32,47H,5-8,15-24,28H2,1-4H3,(H,48,62)(H,51,61)(H,52,55,63)(H,49,50,53,54). The van der Waals surface area contributed by atoms with Gasteiger partial charge in [-0.3, -0.25) is 33.4 Å². The molecular formula is C46H57N13O8. The summed E-state index contributed by atoms with van der Waals surface area (Å²) in [6.45, 7) is 7.70. The van der Waals surface area contributed by atoms with E-state index in [0.29, 0.717) is 78.5 Å². The van der Waals surface area contributed by atoms with Crippen molar-refractivity contribution in [2.45, 2.75) is 52.0 Å². The van der Waals surface area contributed by atoms with Crippen molar-refractivity contribution in [3.05, 3.63) is 81.9 Å². The lowest BCUT2D eigenvalue weighted by molar-refractivity contribution is -0.122. The summed E-state index contributed by atoms with van der Waals surface area (Å²) in [5, 5.41) is 23.0. The molecule has 21 heteroatoms. The summed E-state index contributed by atoms with van der Waals surface area (Å²) < 4.78 is 17.9. The van der Waals surface area contributed by atoms with Crippen LogP contribution in [0.1, 0.15) is 71.3 Å². The third-order valence-corrected chi connectivity index (χ3v) is 11.7. The average molecular weight is 920 g/mol. The lowest BCUT2D eigenvalue weighted by atomic mass is 10.0. The molecule has 5 N–H and O–H groups in total. The molecule has 7 rings (SSSR count). The molecule has 2 aliphatic rings. The van der Waals surface area contributed by atoms with Gasteiger partial charge < -0.3 is 45.7 Å². The number of pyridine rings is 2. The molecule has 5 heterocycles. The second kappa shape index (κ2) is 22.9. The highest BCUT2D eigenvalue weighted by atomic mass is 16.5. The van der Waals surface area contributed by atoms with E-state index in [9.17, 15) is 24.0 Å². The van der Waals surface area contributed by atoms with Gasteiger partial charge in [0.15, 0.2) is 11.6 Å². The summed E-state index contributed by atoms with van der Waals surface area (Å²) in [6.07, 6.45) is 7.29. The molecule has 1 aliphatic carbocycles. The van der Waals surface area contributed by atoms with Crippen molar-refractivity contribution in [3.8, 4) is 5.88 Å². The predicted octanol–water partition coefficient (Wildman–Crippen LogP) is 3.95. The van der Waals surface area contributed by atoms with E-state index in [-0.39, 0.29) is 72.3 Å². The number of ether oxygens (including phenoxy) is 3. The van der Waals surface area contributed by atoms with Gasteiger partial charge in [-0.1, -0.05) is 12.8 Å². The molecule has 0 unspecified atom stereocenters. The number of Topliss-reactive ketones (excluding diaryl/α,β-unsaturated/α-hetero) is 1. The fourth-order valence-corrected chi connectivity index (χ4v) is 8.14. The number of nitrogens with zero attached hydrogens (tertiary/aromatic N) is 8. The van der Waals surface area contributed by atoms with Crippen molar-refractivity contribution >= 4 is 69.2 Å².